The summed E-state index contributed by atoms with van der Waals surface area (Å²) in [7, 11) is 0. The van der Waals surface area contributed by atoms with E-state index in [-0.39, 0.29) is 0 Å². The Hall–Kier alpha value is -0.730. The van der Waals surface area contributed by atoms with Crippen LogP contribution in [0.2, 0.25) is 0 Å². The Balaban J connectivity index is 2.70. The standard InChI is InChI=1S/C8H15NO6/c1-3(11)9-5-7(13)6(12)4(2-10)15-8(5)14/h4-8,10,12-14H,2H2,1H3,(H,9,11)/t4?,5-,6-,7?,8?/m0/s1. The normalized spacial score (nSPS) is 41.3. The van der Waals surface area contributed by atoms with Gasteiger partial charge in [-0.3, -0.25) is 4.79 Å². The summed E-state index contributed by atoms with van der Waals surface area (Å²) in [6.07, 6.45) is -5.24. The van der Waals surface area contributed by atoms with E-state index in [9.17, 15) is 20.1 Å². The van der Waals surface area contributed by atoms with Gasteiger partial charge in [0, 0.05) is 6.92 Å². The van der Waals surface area contributed by atoms with E-state index in [0.717, 1.165) is 0 Å². The van der Waals surface area contributed by atoms with E-state index in [1.807, 2.05) is 0 Å². The number of carbonyl (C=O) groups is 1. The maximum atomic E-state index is 10.7. The molecule has 5 N–H and O–H groups in total. The first-order valence-electron chi connectivity index (χ1n) is 4.55. The summed E-state index contributed by atoms with van der Waals surface area (Å²) in [4.78, 5) is 10.7. The maximum absolute atomic E-state index is 10.7. The Morgan fingerprint density at radius 1 is 1.33 bits per heavy atom. The molecule has 7 nitrogen and oxygen atoms in total. The summed E-state index contributed by atoms with van der Waals surface area (Å²) in [6.45, 7) is 0.687. The van der Waals surface area contributed by atoms with Gasteiger partial charge in [-0.25, -0.2) is 0 Å². The van der Waals surface area contributed by atoms with Crippen LogP contribution in [0.4, 0.5) is 0 Å². The zero-order chi connectivity index (χ0) is 11.6. The molecule has 0 aromatic rings. The zero-order valence-corrected chi connectivity index (χ0v) is 8.20. The third kappa shape index (κ3) is 2.64. The van der Waals surface area contributed by atoms with Crippen LogP contribution < -0.4 is 5.32 Å². The van der Waals surface area contributed by atoms with Crippen molar-refractivity contribution in [1.82, 2.24) is 5.32 Å². The van der Waals surface area contributed by atoms with E-state index in [1.54, 1.807) is 0 Å². The van der Waals surface area contributed by atoms with Crippen molar-refractivity contribution < 1.29 is 30.0 Å². The Kier molecular flexibility index (Phi) is 4.00. The fourth-order valence-electron chi connectivity index (χ4n) is 1.49. The van der Waals surface area contributed by atoms with Crippen molar-refractivity contribution in [3.05, 3.63) is 0 Å². The summed E-state index contributed by atoms with van der Waals surface area (Å²) in [5, 5.41) is 39.4. The summed E-state index contributed by atoms with van der Waals surface area (Å²) in [6, 6.07) is -1.10. The highest BCUT2D eigenvalue weighted by Crippen LogP contribution is 2.19. The third-order valence-electron chi connectivity index (χ3n) is 2.27. The molecule has 15 heavy (non-hydrogen) atoms. The molecular formula is C8H15NO6. The molecule has 0 radical (unpaired) electrons. The Labute approximate surface area is 86.3 Å². The topological polar surface area (TPSA) is 119 Å². The minimum atomic E-state index is -1.45. The zero-order valence-electron chi connectivity index (χ0n) is 8.20. The number of aliphatic hydroxyl groups excluding tert-OH is 4. The van der Waals surface area contributed by atoms with Gasteiger partial charge in [0.05, 0.1) is 6.61 Å². The Morgan fingerprint density at radius 2 is 1.93 bits per heavy atom. The first-order valence-corrected chi connectivity index (χ1v) is 4.55. The van der Waals surface area contributed by atoms with Gasteiger partial charge >= 0.3 is 0 Å². The molecule has 1 fully saturated rings. The second kappa shape index (κ2) is 4.86. The summed E-state index contributed by atoms with van der Waals surface area (Å²) >= 11 is 0. The van der Waals surface area contributed by atoms with Crippen LogP contribution in [0.1, 0.15) is 6.92 Å². The molecule has 0 aromatic carbocycles. The predicted molar refractivity (Wildman–Crippen MR) is 47.6 cm³/mol. The lowest BCUT2D eigenvalue weighted by atomic mass is 9.97. The molecule has 0 spiro atoms. The van der Waals surface area contributed by atoms with Gasteiger partial charge < -0.3 is 30.5 Å². The number of ether oxygens (including phenoxy) is 1. The number of nitrogens with one attached hydrogen (secondary N) is 1. The van der Waals surface area contributed by atoms with Gasteiger partial charge in [0.15, 0.2) is 6.29 Å². The number of aliphatic hydroxyl groups is 4. The molecule has 0 bridgehead atoms. The van der Waals surface area contributed by atoms with Crippen LogP contribution >= 0.6 is 0 Å². The predicted octanol–water partition coefficient (Wildman–Crippen LogP) is -3.08. The van der Waals surface area contributed by atoms with Crippen LogP contribution in [0.5, 0.6) is 0 Å². The number of rotatable bonds is 2. The van der Waals surface area contributed by atoms with E-state index in [2.05, 4.69) is 5.32 Å². The fourth-order valence-corrected chi connectivity index (χ4v) is 1.49. The van der Waals surface area contributed by atoms with Crippen LogP contribution in [0.15, 0.2) is 0 Å². The van der Waals surface area contributed by atoms with Crippen LogP contribution in [0.3, 0.4) is 0 Å². The molecule has 0 aliphatic carbocycles. The van der Waals surface area contributed by atoms with Crippen LogP contribution in [-0.4, -0.2) is 63.6 Å². The van der Waals surface area contributed by atoms with Gasteiger partial charge in [0.1, 0.15) is 24.4 Å². The van der Waals surface area contributed by atoms with Crippen LogP contribution in [0.25, 0.3) is 0 Å². The van der Waals surface area contributed by atoms with Gasteiger partial charge in [0.2, 0.25) is 5.91 Å². The van der Waals surface area contributed by atoms with E-state index in [1.165, 1.54) is 6.92 Å². The first kappa shape index (κ1) is 12.3. The summed E-state index contributed by atoms with van der Waals surface area (Å²) < 4.78 is 4.81. The molecule has 5 atom stereocenters. The van der Waals surface area contributed by atoms with Crippen molar-refractivity contribution in [1.29, 1.82) is 0 Å². The summed E-state index contributed by atoms with van der Waals surface area (Å²) in [5.74, 6) is -0.462. The second-order valence-electron chi connectivity index (χ2n) is 3.46. The van der Waals surface area contributed by atoms with Crippen molar-refractivity contribution >= 4 is 5.91 Å². The minimum absolute atomic E-state index is 0.462. The number of hydrogen-bond donors (Lipinski definition) is 5. The highest BCUT2D eigenvalue weighted by molar-refractivity contribution is 5.73. The molecule has 88 valence electrons. The van der Waals surface area contributed by atoms with Gasteiger partial charge in [-0.05, 0) is 0 Å². The molecule has 1 heterocycles. The highest BCUT2D eigenvalue weighted by Gasteiger charge is 2.43. The minimum Gasteiger partial charge on any atom is -0.394 e. The lowest BCUT2D eigenvalue weighted by molar-refractivity contribution is -0.253. The van der Waals surface area contributed by atoms with E-state index in [4.69, 9.17) is 9.84 Å². The van der Waals surface area contributed by atoms with Gasteiger partial charge in [-0.1, -0.05) is 0 Å². The first-order chi connectivity index (χ1) is 6.97. The van der Waals surface area contributed by atoms with E-state index in [0.29, 0.717) is 0 Å². The van der Waals surface area contributed by atoms with Crippen molar-refractivity contribution in [3.8, 4) is 0 Å². The van der Waals surface area contributed by atoms with Crippen molar-refractivity contribution in [3.63, 3.8) is 0 Å². The van der Waals surface area contributed by atoms with Crippen molar-refractivity contribution in [2.45, 2.75) is 37.6 Å². The largest absolute Gasteiger partial charge is 0.394 e. The molecule has 1 amide bonds. The van der Waals surface area contributed by atoms with Crippen LogP contribution in [0, 0.1) is 0 Å². The molecule has 3 unspecified atom stereocenters. The molecule has 7 heteroatoms. The highest BCUT2D eigenvalue weighted by atomic mass is 16.6. The smallest absolute Gasteiger partial charge is 0.217 e. The molecule has 1 saturated heterocycles. The molecule has 1 aliphatic rings. The van der Waals surface area contributed by atoms with Gasteiger partial charge in [0.25, 0.3) is 0 Å². The van der Waals surface area contributed by atoms with Crippen molar-refractivity contribution in [2.24, 2.45) is 0 Å². The average molecular weight is 221 g/mol. The second-order valence-corrected chi connectivity index (χ2v) is 3.46. The van der Waals surface area contributed by atoms with Crippen molar-refractivity contribution in [2.75, 3.05) is 6.61 Å². The summed E-state index contributed by atoms with van der Waals surface area (Å²) in [5.41, 5.74) is 0. The average Bonchev–Trinajstić information content (AvgIpc) is 2.18. The Bertz CT molecular complexity index is 235. The molecule has 0 saturated carbocycles. The fraction of sp³-hybridized carbons (Fsp3) is 0.875. The monoisotopic (exact) mass is 221 g/mol. The Morgan fingerprint density at radius 3 is 2.40 bits per heavy atom. The van der Waals surface area contributed by atoms with E-state index < -0.39 is 43.2 Å². The maximum Gasteiger partial charge on any atom is 0.217 e. The lowest BCUT2D eigenvalue weighted by Gasteiger charge is -2.40. The SMILES string of the molecule is CC(=O)N[C@@H]1C(O)OC(CO)[C@H](O)C1O. The van der Waals surface area contributed by atoms with Gasteiger partial charge in [-0.15, -0.1) is 0 Å². The molecule has 0 aromatic heterocycles. The lowest BCUT2D eigenvalue weighted by Crippen LogP contribution is -2.63. The number of hydrogen-bond acceptors (Lipinski definition) is 6. The molecular weight excluding hydrogens is 206 g/mol. The van der Waals surface area contributed by atoms with E-state index >= 15 is 0 Å². The molecule has 1 rings (SSSR count). The number of amides is 1. The third-order valence-corrected chi connectivity index (χ3v) is 2.27. The van der Waals surface area contributed by atoms with Gasteiger partial charge in [-0.2, -0.15) is 0 Å². The van der Waals surface area contributed by atoms with Crippen LogP contribution in [-0.2, 0) is 9.53 Å². The molecule has 1 aliphatic heterocycles. The number of carbonyl (C=O) groups excluding carboxylic acids is 1. The quantitative estimate of drug-likeness (QED) is 0.337.